The highest BCUT2D eigenvalue weighted by atomic mass is 32.2. The number of nitrogens with one attached hydrogen (secondary N) is 1. The minimum absolute atomic E-state index is 0.0932. The summed E-state index contributed by atoms with van der Waals surface area (Å²) >= 11 is 1.32. The van der Waals surface area contributed by atoms with Crippen LogP contribution in [0, 0.1) is 0 Å². The summed E-state index contributed by atoms with van der Waals surface area (Å²) in [7, 11) is 0. The summed E-state index contributed by atoms with van der Waals surface area (Å²) in [6.45, 7) is 0. The van der Waals surface area contributed by atoms with E-state index in [2.05, 4.69) is 29.9 Å². The average molecular weight is 272 g/mol. The summed E-state index contributed by atoms with van der Waals surface area (Å²) in [5, 5.41) is 0.694. The molecule has 0 aromatic carbocycles. The molecule has 0 unspecified atom stereocenters. The number of aromatic amines is 1. The van der Waals surface area contributed by atoms with Crippen molar-refractivity contribution in [3.63, 3.8) is 0 Å². The van der Waals surface area contributed by atoms with Crippen molar-refractivity contribution in [3.8, 4) is 0 Å². The topological polar surface area (TPSA) is 97.3 Å². The second-order valence-electron chi connectivity index (χ2n) is 3.58. The number of Topliss-reactive ketones (excluding diaryl/α,β-unsaturated/α-hetero) is 1. The number of carbonyl (C=O) groups excluding carboxylic acids is 1. The van der Waals surface area contributed by atoms with E-state index < -0.39 is 0 Å². The molecular formula is C11H8N6OS. The molecule has 0 saturated carbocycles. The van der Waals surface area contributed by atoms with Gasteiger partial charge in [0.05, 0.1) is 18.3 Å². The van der Waals surface area contributed by atoms with Crippen LogP contribution in [0.25, 0.3) is 11.2 Å². The molecule has 8 heteroatoms. The van der Waals surface area contributed by atoms with Crippen molar-refractivity contribution in [3.05, 3.63) is 36.9 Å². The lowest BCUT2D eigenvalue weighted by Crippen LogP contribution is -2.05. The number of ketones is 1. The molecular weight excluding hydrogens is 264 g/mol. The largest absolute Gasteiger partial charge is 0.341 e. The number of hydrogen-bond acceptors (Lipinski definition) is 7. The molecule has 0 aliphatic heterocycles. The number of imidazole rings is 1. The van der Waals surface area contributed by atoms with E-state index in [0.29, 0.717) is 16.4 Å². The van der Waals surface area contributed by atoms with Crippen LogP contribution in [0.4, 0.5) is 0 Å². The Kier molecular flexibility index (Phi) is 3.15. The quantitative estimate of drug-likeness (QED) is 0.431. The van der Waals surface area contributed by atoms with E-state index in [1.54, 1.807) is 6.33 Å². The van der Waals surface area contributed by atoms with Crippen LogP contribution in [0.3, 0.4) is 0 Å². The first kappa shape index (κ1) is 11.7. The molecule has 0 aliphatic carbocycles. The van der Waals surface area contributed by atoms with Gasteiger partial charge in [-0.1, -0.05) is 11.8 Å². The smallest absolute Gasteiger partial charge is 0.193 e. The van der Waals surface area contributed by atoms with Crippen LogP contribution in [0.15, 0.2) is 36.3 Å². The molecule has 0 saturated heterocycles. The van der Waals surface area contributed by atoms with Crippen LogP contribution in [-0.2, 0) is 0 Å². The van der Waals surface area contributed by atoms with Crippen molar-refractivity contribution >= 4 is 28.7 Å². The number of thioether (sulfide) groups is 1. The van der Waals surface area contributed by atoms with Gasteiger partial charge in [0.2, 0.25) is 0 Å². The standard InChI is InChI=1S/C11H8N6OS/c18-8(7-3-12-1-2-13-7)4-19-11-9-10(15-5-14-9)16-6-17-11/h1-3,5-6H,4H2,(H,14,15,16,17). The Bertz CT molecular complexity index is 713. The molecule has 0 spiro atoms. The first-order valence-electron chi connectivity index (χ1n) is 5.40. The SMILES string of the molecule is O=C(CSc1ncnc2nc[nH]c12)c1cnccn1. The Hall–Kier alpha value is -2.35. The molecule has 94 valence electrons. The van der Waals surface area contributed by atoms with Gasteiger partial charge >= 0.3 is 0 Å². The molecule has 0 aliphatic rings. The fourth-order valence-corrected chi connectivity index (χ4v) is 2.34. The summed E-state index contributed by atoms with van der Waals surface area (Å²) < 4.78 is 0. The molecule has 0 radical (unpaired) electrons. The van der Waals surface area contributed by atoms with Crippen molar-refractivity contribution < 1.29 is 4.79 Å². The predicted octanol–water partition coefficient (Wildman–Crippen LogP) is 1.12. The van der Waals surface area contributed by atoms with E-state index in [4.69, 9.17) is 0 Å². The summed E-state index contributed by atoms with van der Waals surface area (Å²) in [6.07, 6.45) is 7.46. The van der Waals surface area contributed by atoms with Gasteiger partial charge in [0, 0.05) is 12.4 Å². The van der Waals surface area contributed by atoms with E-state index in [9.17, 15) is 4.79 Å². The first-order chi connectivity index (χ1) is 9.34. The third-order valence-electron chi connectivity index (χ3n) is 2.38. The lowest BCUT2D eigenvalue weighted by atomic mass is 10.3. The molecule has 0 bridgehead atoms. The Morgan fingerprint density at radius 3 is 3.00 bits per heavy atom. The second kappa shape index (κ2) is 5.11. The molecule has 0 atom stereocenters. The number of nitrogens with zero attached hydrogens (tertiary/aromatic N) is 5. The summed E-state index contributed by atoms with van der Waals surface area (Å²) in [6, 6.07) is 0. The average Bonchev–Trinajstić information content (AvgIpc) is 2.94. The molecule has 3 heterocycles. The zero-order chi connectivity index (χ0) is 13.1. The normalized spacial score (nSPS) is 10.7. The highest BCUT2D eigenvalue weighted by Crippen LogP contribution is 2.22. The molecule has 7 nitrogen and oxygen atoms in total. The Morgan fingerprint density at radius 1 is 1.21 bits per heavy atom. The second-order valence-corrected chi connectivity index (χ2v) is 4.55. The number of H-pyrrole nitrogens is 1. The number of aromatic nitrogens is 6. The van der Waals surface area contributed by atoms with Gasteiger partial charge in [-0.05, 0) is 0 Å². The summed E-state index contributed by atoms with van der Waals surface area (Å²) in [5.74, 6) is 0.147. The Balaban J connectivity index is 1.76. The van der Waals surface area contributed by atoms with Crippen molar-refractivity contribution in [2.75, 3.05) is 5.75 Å². The lowest BCUT2D eigenvalue weighted by Gasteiger charge is -2.00. The van der Waals surface area contributed by atoms with Crippen LogP contribution in [0.2, 0.25) is 0 Å². The van der Waals surface area contributed by atoms with Gasteiger partial charge in [-0.15, -0.1) is 0 Å². The molecule has 3 aromatic rings. The minimum atomic E-state index is -0.0932. The number of carbonyl (C=O) groups is 1. The maximum atomic E-state index is 11.9. The van der Waals surface area contributed by atoms with Gasteiger partial charge < -0.3 is 4.98 Å². The number of rotatable bonds is 4. The maximum absolute atomic E-state index is 11.9. The molecule has 0 amide bonds. The fourth-order valence-electron chi connectivity index (χ4n) is 1.50. The summed E-state index contributed by atoms with van der Waals surface area (Å²) in [5.41, 5.74) is 1.67. The number of hydrogen-bond donors (Lipinski definition) is 1. The van der Waals surface area contributed by atoms with E-state index in [0.717, 1.165) is 5.52 Å². The molecule has 19 heavy (non-hydrogen) atoms. The van der Waals surface area contributed by atoms with Crippen LogP contribution in [0.1, 0.15) is 10.5 Å². The highest BCUT2D eigenvalue weighted by Gasteiger charge is 2.11. The molecule has 1 N–H and O–H groups in total. The van der Waals surface area contributed by atoms with Crippen LogP contribution in [0.5, 0.6) is 0 Å². The van der Waals surface area contributed by atoms with E-state index in [1.807, 2.05) is 0 Å². The Labute approximate surface area is 111 Å². The van der Waals surface area contributed by atoms with Crippen LogP contribution >= 0.6 is 11.8 Å². The van der Waals surface area contributed by atoms with Crippen molar-refractivity contribution in [2.45, 2.75) is 5.03 Å². The lowest BCUT2D eigenvalue weighted by molar-refractivity contribution is 0.101. The van der Waals surface area contributed by atoms with E-state index in [-0.39, 0.29) is 11.5 Å². The minimum Gasteiger partial charge on any atom is -0.341 e. The zero-order valence-electron chi connectivity index (χ0n) is 9.65. The van der Waals surface area contributed by atoms with Crippen LogP contribution < -0.4 is 0 Å². The monoisotopic (exact) mass is 272 g/mol. The molecule has 0 fully saturated rings. The van der Waals surface area contributed by atoms with Gasteiger partial charge in [-0.2, -0.15) is 0 Å². The van der Waals surface area contributed by atoms with Crippen LogP contribution in [-0.4, -0.2) is 41.4 Å². The van der Waals surface area contributed by atoms with Crippen molar-refractivity contribution in [2.24, 2.45) is 0 Å². The third-order valence-corrected chi connectivity index (χ3v) is 3.37. The van der Waals surface area contributed by atoms with E-state index >= 15 is 0 Å². The van der Waals surface area contributed by atoms with E-state index in [1.165, 1.54) is 36.7 Å². The highest BCUT2D eigenvalue weighted by molar-refractivity contribution is 8.00. The predicted molar refractivity (Wildman–Crippen MR) is 68.8 cm³/mol. The van der Waals surface area contributed by atoms with Gasteiger partial charge in [-0.25, -0.2) is 19.9 Å². The molecule has 3 aromatic heterocycles. The Morgan fingerprint density at radius 2 is 2.16 bits per heavy atom. The van der Waals surface area contributed by atoms with Crippen molar-refractivity contribution in [1.29, 1.82) is 0 Å². The van der Waals surface area contributed by atoms with Gasteiger partial charge in [0.1, 0.15) is 22.6 Å². The van der Waals surface area contributed by atoms with Gasteiger partial charge in [0.25, 0.3) is 0 Å². The van der Waals surface area contributed by atoms with Gasteiger partial charge in [0.15, 0.2) is 11.4 Å². The zero-order valence-corrected chi connectivity index (χ0v) is 10.5. The fraction of sp³-hybridized carbons (Fsp3) is 0.0909. The maximum Gasteiger partial charge on any atom is 0.193 e. The third kappa shape index (κ3) is 2.43. The number of fused-ring (bicyclic) bond motifs is 1. The van der Waals surface area contributed by atoms with Gasteiger partial charge in [-0.3, -0.25) is 9.78 Å². The first-order valence-corrected chi connectivity index (χ1v) is 6.39. The van der Waals surface area contributed by atoms with Crippen molar-refractivity contribution in [1.82, 2.24) is 29.9 Å². The molecule has 3 rings (SSSR count). The summed E-state index contributed by atoms with van der Waals surface area (Å²) in [4.78, 5) is 34.9.